The Morgan fingerprint density at radius 3 is 1.25 bits per heavy atom. The second-order valence-electron chi connectivity index (χ2n) is 5.41. The lowest BCUT2D eigenvalue weighted by molar-refractivity contribution is -0.143. The van der Waals surface area contributed by atoms with E-state index >= 15 is 0 Å². The zero-order valence-electron chi connectivity index (χ0n) is 13.6. The topological polar surface area (TPSA) is 52.6 Å². The van der Waals surface area contributed by atoms with Gasteiger partial charge in [0, 0.05) is 0 Å². The Kier molecular flexibility index (Phi) is 8.93. The van der Waals surface area contributed by atoms with Crippen LogP contribution >= 0.6 is 0 Å². The Balaban J connectivity index is 5.44. The molecule has 0 aromatic rings. The highest BCUT2D eigenvalue weighted by Gasteiger charge is 2.27. The first-order chi connectivity index (χ1) is 9.36. The standard InChI is InChI=1S/C16H28O4/c1-7-9-19-15(17)13(11(3)4)14(12(5)6)16(18)20-10-8-2/h11-12H,7-10H2,1-6H3/b14-13+. The molecule has 0 bridgehead atoms. The summed E-state index contributed by atoms with van der Waals surface area (Å²) in [6.45, 7) is 12.1. The first-order valence-corrected chi connectivity index (χ1v) is 7.44. The number of hydrogen-bond acceptors (Lipinski definition) is 4. The van der Waals surface area contributed by atoms with Crippen LogP contribution in [0.1, 0.15) is 54.4 Å². The van der Waals surface area contributed by atoms with Gasteiger partial charge in [-0.2, -0.15) is 0 Å². The van der Waals surface area contributed by atoms with Gasteiger partial charge in [-0.25, -0.2) is 9.59 Å². The van der Waals surface area contributed by atoms with Gasteiger partial charge in [-0.1, -0.05) is 41.5 Å². The quantitative estimate of drug-likeness (QED) is 0.505. The smallest absolute Gasteiger partial charge is 0.334 e. The van der Waals surface area contributed by atoms with Crippen molar-refractivity contribution in [1.29, 1.82) is 0 Å². The predicted molar refractivity (Wildman–Crippen MR) is 79.2 cm³/mol. The fraction of sp³-hybridized carbons (Fsp3) is 0.750. The summed E-state index contributed by atoms with van der Waals surface area (Å²) < 4.78 is 10.4. The van der Waals surface area contributed by atoms with Crippen molar-refractivity contribution < 1.29 is 19.1 Å². The minimum atomic E-state index is -0.404. The number of carbonyl (C=O) groups excluding carboxylic acids is 2. The minimum Gasteiger partial charge on any atom is -0.462 e. The van der Waals surface area contributed by atoms with E-state index < -0.39 is 11.9 Å². The Morgan fingerprint density at radius 1 is 0.750 bits per heavy atom. The van der Waals surface area contributed by atoms with E-state index in [0.29, 0.717) is 24.4 Å². The fourth-order valence-electron chi connectivity index (χ4n) is 1.86. The average molecular weight is 284 g/mol. The molecule has 0 fully saturated rings. The molecule has 0 aliphatic rings. The molecule has 0 aromatic carbocycles. The van der Waals surface area contributed by atoms with E-state index in [1.54, 1.807) is 0 Å². The van der Waals surface area contributed by atoms with Crippen LogP contribution in [0.5, 0.6) is 0 Å². The first-order valence-electron chi connectivity index (χ1n) is 7.44. The van der Waals surface area contributed by atoms with E-state index in [4.69, 9.17) is 9.47 Å². The summed E-state index contributed by atoms with van der Waals surface area (Å²) in [6.07, 6.45) is 1.52. The number of rotatable bonds is 8. The third kappa shape index (κ3) is 5.76. The van der Waals surface area contributed by atoms with E-state index in [1.807, 2.05) is 41.5 Å². The molecule has 0 aromatic heterocycles. The maximum Gasteiger partial charge on any atom is 0.334 e. The number of carbonyl (C=O) groups is 2. The maximum atomic E-state index is 12.2. The van der Waals surface area contributed by atoms with Crippen molar-refractivity contribution in [2.75, 3.05) is 13.2 Å². The minimum absolute atomic E-state index is 0.0778. The van der Waals surface area contributed by atoms with Gasteiger partial charge in [-0.3, -0.25) is 0 Å². The zero-order chi connectivity index (χ0) is 15.7. The second-order valence-corrected chi connectivity index (χ2v) is 5.41. The molecule has 0 unspecified atom stereocenters. The molecule has 0 amide bonds. The molecule has 0 heterocycles. The van der Waals surface area contributed by atoms with Crippen molar-refractivity contribution >= 4 is 11.9 Å². The highest BCUT2D eigenvalue weighted by molar-refractivity contribution is 6.01. The Hall–Kier alpha value is -1.32. The molecule has 116 valence electrons. The molecule has 0 radical (unpaired) electrons. The van der Waals surface area contributed by atoms with Gasteiger partial charge in [-0.15, -0.1) is 0 Å². The van der Waals surface area contributed by atoms with Crippen LogP contribution in [0.4, 0.5) is 0 Å². The molecule has 0 aliphatic heterocycles. The molecule has 0 aliphatic carbocycles. The molecule has 4 heteroatoms. The summed E-state index contributed by atoms with van der Waals surface area (Å²) in [7, 11) is 0. The zero-order valence-corrected chi connectivity index (χ0v) is 13.6. The third-order valence-corrected chi connectivity index (χ3v) is 2.76. The lowest BCUT2D eigenvalue weighted by atomic mass is 9.90. The SMILES string of the molecule is CCCOC(=O)/C(=C(/C(=O)OCCC)C(C)C)C(C)C. The molecule has 4 nitrogen and oxygen atoms in total. The van der Waals surface area contributed by atoms with E-state index in [-0.39, 0.29) is 11.8 Å². The summed E-state index contributed by atoms with van der Waals surface area (Å²) in [6, 6.07) is 0. The van der Waals surface area contributed by atoms with E-state index in [1.165, 1.54) is 0 Å². The number of ether oxygens (including phenoxy) is 2. The van der Waals surface area contributed by atoms with Gasteiger partial charge in [0.25, 0.3) is 0 Å². The van der Waals surface area contributed by atoms with Gasteiger partial charge >= 0.3 is 11.9 Å². The molecular weight excluding hydrogens is 256 g/mol. The van der Waals surface area contributed by atoms with Gasteiger partial charge in [0.05, 0.1) is 24.4 Å². The number of esters is 2. The van der Waals surface area contributed by atoms with E-state index in [9.17, 15) is 9.59 Å². The lowest BCUT2D eigenvalue weighted by Gasteiger charge is -2.19. The van der Waals surface area contributed by atoms with Gasteiger partial charge in [0.2, 0.25) is 0 Å². The van der Waals surface area contributed by atoms with Crippen molar-refractivity contribution in [3.8, 4) is 0 Å². The molecule has 0 atom stereocenters. The monoisotopic (exact) mass is 284 g/mol. The van der Waals surface area contributed by atoms with Crippen LogP contribution in [0.15, 0.2) is 11.1 Å². The van der Waals surface area contributed by atoms with Crippen LogP contribution in [0.3, 0.4) is 0 Å². The highest BCUT2D eigenvalue weighted by Crippen LogP contribution is 2.24. The van der Waals surface area contributed by atoms with Gasteiger partial charge in [0.15, 0.2) is 0 Å². The van der Waals surface area contributed by atoms with Crippen molar-refractivity contribution in [2.45, 2.75) is 54.4 Å². The van der Waals surface area contributed by atoms with Crippen molar-refractivity contribution in [3.63, 3.8) is 0 Å². The van der Waals surface area contributed by atoms with E-state index in [2.05, 4.69) is 0 Å². The van der Waals surface area contributed by atoms with Crippen molar-refractivity contribution in [1.82, 2.24) is 0 Å². The predicted octanol–water partition coefficient (Wildman–Crippen LogP) is 3.50. The second kappa shape index (κ2) is 9.56. The first kappa shape index (κ1) is 18.7. The summed E-state index contributed by atoms with van der Waals surface area (Å²) in [5.74, 6) is -0.963. The Morgan fingerprint density at radius 2 is 1.05 bits per heavy atom. The molecular formula is C16H28O4. The van der Waals surface area contributed by atoms with Crippen molar-refractivity contribution in [3.05, 3.63) is 11.1 Å². The number of hydrogen-bond donors (Lipinski definition) is 0. The largest absolute Gasteiger partial charge is 0.462 e. The summed E-state index contributed by atoms with van der Waals surface area (Å²) in [5.41, 5.74) is 0.879. The molecule has 0 saturated carbocycles. The average Bonchev–Trinajstić information content (AvgIpc) is 2.38. The van der Waals surface area contributed by atoms with Gasteiger partial charge < -0.3 is 9.47 Å². The normalized spacial score (nSPS) is 12.4. The van der Waals surface area contributed by atoms with Gasteiger partial charge in [0.1, 0.15) is 0 Å². The molecule has 0 N–H and O–H groups in total. The Bertz CT molecular complexity index is 319. The summed E-state index contributed by atoms with van der Waals surface area (Å²) in [4.78, 5) is 24.4. The Labute approximate surface area is 122 Å². The third-order valence-electron chi connectivity index (χ3n) is 2.76. The van der Waals surface area contributed by atoms with Crippen LogP contribution in [-0.4, -0.2) is 25.2 Å². The van der Waals surface area contributed by atoms with Crippen LogP contribution in [0, 0.1) is 11.8 Å². The summed E-state index contributed by atoms with van der Waals surface area (Å²) in [5, 5.41) is 0. The van der Waals surface area contributed by atoms with Gasteiger partial charge in [-0.05, 0) is 24.7 Å². The molecule has 0 rings (SSSR count). The van der Waals surface area contributed by atoms with Crippen molar-refractivity contribution in [2.24, 2.45) is 11.8 Å². The fourth-order valence-corrected chi connectivity index (χ4v) is 1.86. The molecule has 20 heavy (non-hydrogen) atoms. The van der Waals surface area contributed by atoms with Crippen LogP contribution in [0.2, 0.25) is 0 Å². The maximum absolute atomic E-state index is 12.2. The van der Waals surface area contributed by atoms with Crippen LogP contribution < -0.4 is 0 Å². The molecule has 0 spiro atoms. The highest BCUT2D eigenvalue weighted by atomic mass is 16.5. The molecule has 0 saturated heterocycles. The van der Waals surface area contributed by atoms with Crippen LogP contribution in [0.25, 0.3) is 0 Å². The summed E-state index contributed by atoms with van der Waals surface area (Å²) >= 11 is 0. The van der Waals surface area contributed by atoms with Crippen LogP contribution in [-0.2, 0) is 19.1 Å². The lowest BCUT2D eigenvalue weighted by Crippen LogP contribution is -2.23. The van der Waals surface area contributed by atoms with E-state index in [0.717, 1.165) is 12.8 Å².